The van der Waals surface area contributed by atoms with Crippen LogP contribution in [0, 0.1) is 13.8 Å². The number of aryl methyl sites for hydroxylation is 2. The van der Waals surface area contributed by atoms with Crippen LogP contribution in [0.2, 0.25) is 0 Å². The molecule has 5 aromatic carbocycles. The van der Waals surface area contributed by atoms with E-state index < -0.39 is 0 Å². The van der Waals surface area contributed by atoms with Gasteiger partial charge in [0.2, 0.25) is 0 Å². The van der Waals surface area contributed by atoms with E-state index in [4.69, 9.17) is 5.73 Å². The first-order chi connectivity index (χ1) is 16.6. The van der Waals surface area contributed by atoms with Crippen molar-refractivity contribution in [1.82, 2.24) is 0 Å². The largest absolute Gasteiger partial charge is 0.398 e. The first-order valence-corrected chi connectivity index (χ1v) is 11.6. The third-order valence-electron chi connectivity index (χ3n) is 6.17. The second kappa shape index (κ2) is 9.29. The van der Waals surface area contributed by atoms with E-state index in [1.165, 1.54) is 11.1 Å². The summed E-state index contributed by atoms with van der Waals surface area (Å²) in [6.45, 7) is 4.22. The number of nitrogen functional groups attached to an aromatic ring is 1. The van der Waals surface area contributed by atoms with Crippen molar-refractivity contribution in [3.8, 4) is 22.3 Å². The molecule has 0 heterocycles. The van der Waals surface area contributed by atoms with Crippen LogP contribution in [0.4, 0.5) is 22.7 Å². The van der Waals surface area contributed by atoms with Crippen molar-refractivity contribution < 1.29 is 0 Å². The number of nitrogens with two attached hydrogens (primary N) is 1. The number of anilines is 4. The van der Waals surface area contributed by atoms with Crippen LogP contribution in [0.25, 0.3) is 22.3 Å². The van der Waals surface area contributed by atoms with Crippen molar-refractivity contribution in [2.75, 3.05) is 10.6 Å². The van der Waals surface area contributed by atoms with Crippen molar-refractivity contribution in [3.63, 3.8) is 0 Å². The summed E-state index contributed by atoms with van der Waals surface area (Å²) in [6, 6.07) is 42.5. The van der Waals surface area contributed by atoms with Gasteiger partial charge >= 0.3 is 0 Å². The van der Waals surface area contributed by atoms with Crippen LogP contribution in [-0.2, 0) is 0 Å². The molecule has 166 valence electrons. The summed E-state index contributed by atoms with van der Waals surface area (Å²) >= 11 is 0. The predicted molar refractivity (Wildman–Crippen MR) is 146 cm³/mol. The lowest BCUT2D eigenvalue weighted by Gasteiger charge is -2.30. The third kappa shape index (κ3) is 4.18. The summed E-state index contributed by atoms with van der Waals surface area (Å²) in [4.78, 5) is 2.32. The van der Waals surface area contributed by atoms with Crippen molar-refractivity contribution >= 4 is 22.7 Å². The quantitative estimate of drug-likeness (QED) is 0.277. The van der Waals surface area contributed by atoms with Crippen LogP contribution in [0.15, 0.2) is 121 Å². The molecule has 0 aliphatic rings. The van der Waals surface area contributed by atoms with Gasteiger partial charge in [-0.2, -0.15) is 0 Å². The Balaban J connectivity index is 1.84. The topological polar surface area (TPSA) is 29.3 Å². The number of hydrogen-bond donors (Lipinski definition) is 1. The molecule has 0 fully saturated rings. The second-order valence-electron chi connectivity index (χ2n) is 8.66. The molecule has 0 bridgehead atoms. The van der Waals surface area contributed by atoms with E-state index in [1.54, 1.807) is 0 Å². The summed E-state index contributed by atoms with van der Waals surface area (Å²) in [5, 5.41) is 0. The number of rotatable bonds is 5. The van der Waals surface area contributed by atoms with E-state index in [1.807, 2.05) is 6.07 Å². The molecule has 0 atom stereocenters. The van der Waals surface area contributed by atoms with Crippen LogP contribution in [-0.4, -0.2) is 0 Å². The van der Waals surface area contributed by atoms with E-state index in [-0.39, 0.29) is 0 Å². The van der Waals surface area contributed by atoms with Crippen LogP contribution in [0.1, 0.15) is 11.1 Å². The van der Waals surface area contributed by atoms with Gasteiger partial charge in [-0.3, -0.25) is 0 Å². The summed E-state index contributed by atoms with van der Waals surface area (Å²) in [6.07, 6.45) is 0. The average Bonchev–Trinajstić information content (AvgIpc) is 2.88. The second-order valence-corrected chi connectivity index (χ2v) is 8.66. The fourth-order valence-electron chi connectivity index (χ4n) is 4.42. The molecule has 34 heavy (non-hydrogen) atoms. The van der Waals surface area contributed by atoms with Gasteiger partial charge in [-0.15, -0.1) is 0 Å². The molecule has 2 heteroatoms. The fourth-order valence-corrected chi connectivity index (χ4v) is 4.42. The Kier molecular flexibility index (Phi) is 5.88. The molecule has 0 amide bonds. The van der Waals surface area contributed by atoms with Gasteiger partial charge in [-0.05, 0) is 61.4 Å². The monoisotopic (exact) mass is 440 g/mol. The van der Waals surface area contributed by atoms with Crippen molar-refractivity contribution in [2.24, 2.45) is 0 Å². The van der Waals surface area contributed by atoms with Crippen LogP contribution >= 0.6 is 0 Å². The molecule has 0 saturated carbocycles. The smallest absolute Gasteiger partial charge is 0.0547 e. The van der Waals surface area contributed by atoms with Crippen molar-refractivity contribution in [1.29, 1.82) is 0 Å². The Labute approximate surface area is 201 Å². The zero-order valence-electron chi connectivity index (χ0n) is 19.6. The molecule has 0 saturated heterocycles. The van der Waals surface area contributed by atoms with Gasteiger partial charge in [-0.1, -0.05) is 96.1 Å². The summed E-state index contributed by atoms with van der Waals surface area (Å²) in [5.74, 6) is 0. The molecule has 0 spiro atoms. The highest BCUT2D eigenvalue weighted by molar-refractivity contribution is 6.01. The molecule has 5 aromatic rings. The highest BCUT2D eigenvalue weighted by Crippen LogP contribution is 2.47. The van der Waals surface area contributed by atoms with E-state index in [9.17, 15) is 0 Å². The van der Waals surface area contributed by atoms with Gasteiger partial charge in [0, 0.05) is 28.2 Å². The van der Waals surface area contributed by atoms with Crippen LogP contribution in [0.5, 0.6) is 0 Å². The highest BCUT2D eigenvalue weighted by atomic mass is 15.1. The minimum absolute atomic E-state index is 0.767. The van der Waals surface area contributed by atoms with Crippen LogP contribution < -0.4 is 10.6 Å². The molecule has 0 aliphatic heterocycles. The summed E-state index contributed by atoms with van der Waals surface area (Å²) in [5.41, 5.74) is 17.6. The number of nitrogens with zero attached hydrogens (tertiary/aromatic N) is 1. The van der Waals surface area contributed by atoms with E-state index in [0.717, 1.165) is 45.0 Å². The highest BCUT2D eigenvalue weighted by Gasteiger charge is 2.22. The maximum Gasteiger partial charge on any atom is 0.0547 e. The summed E-state index contributed by atoms with van der Waals surface area (Å²) in [7, 11) is 0. The van der Waals surface area contributed by atoms with E-state index in [2.05, 4.69) is 134 Å². The van der Waals surface area contributed by atoms with E-state index in [0.29, 0.717) is 0 Å². The van der Waals surface area contributed by atoms with Crippen molar-refractivity contribution in [3.05, 3.63) is 132 Å². The number of para-hydroxylation sites is 1. The minimum atomic E-state index is 0.767. The molecule has 5 rings (SSSR count). The van der Waals surface area contributed by atoms with Gasteiger partial charge < -0.3 is 10.6 Å². The maximum atomic E-state index is 6.68. The summed E-state index contributed by atoms with van der Waals surface area (Å²) < 4.78 is 0. The Morgan fingerprint density at radius 3 is 1.59 bits per heavy atom. The van der Waals surface area contributed by atoms with Crippen molar-refractivity contribution in [2.45, 2.75) is 13.8 Å². The molecule has 0 aliphatic carbocycles. The first kappa shape index (κ1) is 21.5. The predicted octanol–water partition coefficient (Wildman–Crippen LogP) is 8.69. The lowest BCUT2D eigenvalue weighted by Crippen LogP contribution is -2.12. The first-order valence-electron chi connectivity index (χ1n) is 11.6. The van der Waals surface area contributed by atoms with Gasteiger partial charge in [-0.25, -0.2) is 0 Å². The SMILES string of the molecule is Cc1ccc(-c2c(N)ccc(N(c3ccccc3)c3ccc(C)cc3)c2-c2ccccc2)cc1. The van der Waals surface area contributed by atoms with E-state index >= 15 is 0 Å². The van der Waals surface area contributed by atoms with Gasteiger partial charge in [0.1, 0.15) is 0 Å². The average molecular weight is 441 g/mol. The zero-order valence-corrected chi connectivity index (χ0v) is 19.6. The lowest BCUT2D eigenvalue weighted by atomic mass is 9.90. The molecular weight excluding hydrogens is 412 g/mol. The normalized spacial score (nSPS) is 10.8. The molecule has 2 N–H and O–H groups in total. The molecular formula is C32H28N2. The third-order valence-corrected chi connectivity index (χ3v) is 6.17. The Morgan fingerprint density at radius 1 is 0.471 bits per heavy atom. The molecule has 0 aromatic heterocycles. The number of hydrogen-bond acceptors (Lipinski definition) is 2. The minimum Gasteiger partial charge on any atom is -0.398 e. The lowest BCUT2D eigenvalue weighted by molar-refractivity contribution is 1.28. The van der Waals surface area contributed by atoms with Gasteiger partial charge in [0.15, 0.2) is 0 Å². The number of benzene rings is 5. The standard InChI is InChI=1S/C32H28N2/c1-23-13-17-26(18-14-23)31-29(33)21-22-30(32(31)25-9-5-3-6-10-25)34(27-11-7-4-8-12-27)28-19-15-24(2)16-20-28/h3-22H,33H2,1-2H3. The molecule has 2 nitrogen and oxygen atoms in total. The zero-order chi connectivity index (χ0) is 23.5. The Bertz CT molecular complexity index is 1390. The van der Waals surface area contributed by atoms with Crippen LogP contribution in [0.3, 0.4) is 0 Å². The molecule has 0 unspecified atom stereocenters. The molecule has 0 radical (unpaired) electrons. The Morgan fingerprint density at radius 2 is 0.971 bits per heavy atom. The van der Waals surface area contributed by atoms with Gasteiger partial charge in [0.05, 0.1) is 5.69 Å². The van der Waals surface area contributed by atoms with Gasteiger partial charge in [0.25, 0.3) is 0 Å². The fraction of sp³-hybridized carbons (Fsp3) is 0.0625. The Hall–Kier alpha value is -4.30. The maximum absolute atomic E-state index is 6.68.